The highest BCUT2D eigenvalue weighted by Crippen LogP contribution is 2.24. The van der Waals surface area contributed by atoms with Crippen molar-refractivity contribution in [2.24, 2.45) is 11.7 Å². The van der Waals surface area contributed by atoms with Gasteiger partial charge in [-0.3, -0.25) is 4.90 Å². The van der Waals surface area contributed by atoms with Crippen molar-refractivity contribution in [3.8, 4) is 0 Å². The molecule has 0 spiro atoms. The van der Waals surface area contributed by atoms with Gasteiger partial charge in [0.05, 0.1) is 0 Å². The Morgan fingerprint density at radius 3 is 2.47 bits per heavy atom. The lowest BCUT2D eigenvalue weighted by Crippen LogP contribution is -2.41. The van der Waals surface area contributed by atoms with Crippen molar-refractivity contribution in [3.05, 3.63) is 35.4 Å². The summed E-state index contributed by atoms with van der Waals surface area (Å²) in [6.07, 6.45) is 2.72. The van der Waals surface area contributed by atoms with Crippen molar-refractivity contribution in [2.75, 3.05) is 6.54 Å². The summed E-state index contributed by atoms with van der Waals surface area (Å²) in [6.45, 7) is 7.68. The van der Waals surface area contributed by atoms with Crippen molar-refractivity contribution < 1.29 is 0 Å². The van der Waals surface area contributed by atoms with E-state index in [0.29, 0.717) is 12.6 Å². The van der Waals surface area contributed by atoms with Crippen LogP contribution in [-0.2, 0) is 13.1 Å². The minimum atomic E-state index is 0.636. The molecule has 1 aromatic carbocycles. The number of benzene rings is 1. The quantitative estimate of drug-likeness (QED) is 0.868. The van der Waals surface area contributed by atoms with E-state index < -0.39 is 0 Å². The number of hydrogen-bond acceptors (Lipinski definition) is 2. The van der Waals surface area contributed by atoms with Gasteiger partial charge in [0.25, 0.3) is 0 Å². The summed E-state index contributed by atoms with van der Waals surface area (Å²) in [5, 5.41) is 0. The van der Waals surface area contributed by atoms with E-state index >= 15 is 0 Å². The first kappa shape index (κ1) is 12.6. The van der Waals surface area contributed by atoms with Crippen LogP contribution < -0.4 is 5.73 Å². The Hall–Kier alpha value is -0.860. The Kier molecular flexibility index (Phi) is 4.19. The SMILES string of the molecule is CC1CCCN(Cc2ccc(CN)cc2)C1C. The van der Waals surface area contributed by atoms with E-state index in [4.69, 9.17) is 5.73 Å². The maximum atomic E-state index is 5.61. The standard InChI is InChI=1S/C15H24N2/c1-12-4-3-9-17(13(12)2)11-15-7-5-14(10-16)6-8-15/h5-8,12-13H,3-4,9-11,16H2,1-2H3. The van der Waals surface area contributed by atoms with Gasteiger partial charge >= 0.3 is 0 Å². The Labute approximate surface area is 105 Å². The van der Waals surface area contributed by atoms with E-state index in [2.05, 4.69) is 43.0 Å². The molecule has 2 unspecified atom stereocenters. The fourth-order valence-electron chi connectivity index (χ4n) is 2.66. The molecule has 0 amide bonds. The van der Waals surface area contributed by atoms with Gasteiger partial charge in [-0.25, -0.2) is 0 Å². The molecule has 17 heavy (non-hydrogen) atoms. The van der Waals surface area contributed by atoms with Crippen molar-refractivity contribution in [2.45, 2.75) is 45.8 Å². The molecule has 2 heteroatoms. The second kappa shape index (κ2) is 5.65. The molecule has 2 rings (SSSR count). The smallest absolute Gasteiger partial charge is 0.0236 e. The summed E-state index contributed by atoms with van der Waals surface area (Å²) in [4.78, 5) is 2.60. The summed E-state index contributed by atoms with van der Waals surface area (Å²) >= 11 is 0. The molecule has 1 aromatic rings. The third-order valence-corrected chi connectivity index (χ3v) is 4.15. The molecule has 2 N–H and O–H groups in total. The fraction of sp³-hybridized carbons (Fsp3) is 0.600. The van der Waals surface area contributed by atoms with Crippen molar-refractivity contribution in [1.82, 2.24) is 4.90 Å². The first-order valence-corrected chi connectivity index (χ1v) is 6.72. The summed E-state index contributed by atoms with van der Waals surface area (Å²) in [6, 6.07) is 9.43. The average molecular weight is 232 g/mol. The van der Waals surface area contributed by atoms with Gasteiger partial charge in [0, 0.05) is 19.1 Å². The van der Waals surface area contributed by atoms with Gasteiger partial charge in [-0.15, -0.1) is 0 Å². The van der Waals surface area contributed by atoms with Crippen LogP contribution in [-0.4, -0.2) is 17.5 Å². The molecule has 1 heterocycles. The monoisotopic (exact) mass is 232 g/mol. The lowest BCUT2D eigenvalue weighted by molar-refractivity contribution is 0.106. The summed E-state index contributed by atoms with van der Waals surface area (Å²) in [7, 11) is 0. The summed E-state index contributed by atoms with van der Waals surface area (Å²) in [5.41, 5.74) is 8.24. The van der Waals surface area contributed by atoms with Crippen LogP contribution in [0.3, 0.4) is 0 Å². The summed E-state index contributed by atoms with van der Waals surface area (Å²) in [5.74, 6) is 0.826. The maximum Gasteiger partial charge on any atom is 0.0236 e. The largest absolute Gasteiger partial charge is 0.326 e. The highest BCUT2D eigenvalue weighted by molar-refractivity contribution is 5.22. The van der Waals surface area contributed by atoms with Crippen LogP contribution in [0.1, 0.15) is 37.8 Å². The topological polar surface area (TPSA) is 29.3 Å². The van der Waals surface area contributed by atoms with E-state index in [1.807, 2.05) is 0 Å². The zero-order chi connectivity index (χ0) is 12.3. The third kappa shape index (κ3) is 3.08. The number of nitrogens with zero attached hydrogens (tertiary/aromatic N) is 1. The third-order valence-electron chi connectivity index (χ3n) is 4.15. The van der Waals surface area contributed by atoms with Crippen LogP contribution in [0.15, 0.2) is 24.3 Å². The summed E-state index contributed by atoms with van der Waals surface area (Å²) < 4.78 is 0. The van der Waals surface area contributed by atoms with Gasteiger partial charge in [0.1, 0.15) is 0 Å². The molecule has 0 aliphatic carbocycles. The molecule has 1 fully saturated rings. The van der Waals surface area contributed by atoms with E-state index in [9.17, 15) is 0 Å². The van der Waals surface area contributed by atoms with Gasteiger partial charge in [-0.05, 0) is 43.4 Å². The molecule has 2 atom stereocenters. The van der Waals surface area contributed by atoms with E-state index in [0.717, 1.165) is 12.5 Å². The zero-order valence-corrected chi connectivity index (χ0v) is 11.0. The predicted octanol–water partition coefficient (Wildman–Crippen LogP) is 2.77. The lowest BCUT2D eigenvalue weighted by Gasteiger charge is -2.38. The molecular weight excluding hydrogens is 208 g/mol. The lowest BCUT2D eigenvalue weighted by atomic mass is 9.91. The Balaban J connectivity index is 1.99. The second-order valence-corrected chi connectivity index (χ2v) is 5.35. The van der Waals surface area contributed by atoms with Gasteiger partial charge in [0.15, 0.2) is 0 Å². The number of nitrogens with two attached hydrogens (primary N) is 1. The van der Waals surface area contributed by atoms with Crippen LogP contribution >= 0.6 is 0 Å². The normalized spacial score (nSPS) is 26.1. The average Bonchev–Trinajstić information content (AvgIpc) is 2.36. The molecular formula is C15H24N2. The minimum absolute atomic E-state index is 0.636. The molecule has 2 nitrogen and oxygen atoms in total. The van der Waals surface area contributed by atoms with Crippen molar-refractivity contribution in [3.63, 3.8) is 0 Å². The molecule has 94 valence electrons. The van der Waals surface area contributed by atoms with Crippen LogP contribution in [0.5, 0.6) is 0 Å². The molecule has 1 saturated heterocycles. The highest BCUT2D eigenvalue weighted by Gasteiger charge is 2.24. The van der Waals surface area contributed by atoms with E-state index in [1.54, 1.807) is 0 Å². The Bertz CT molecular complexity index is 344. The maximum absolute atomic E-state index is 5.61. The Morgan fingerprint density at radius 1 is 1.18 bits per heavy atom. The molecule has 1 aliphatic heterocycles. The number of likely N-dealkylation sites (tertiary alicyclic amines) is 1. The second-order valence-electron chi connectivity index (χ2n) is 5.35. The molecule has 0 radical (unpaired) electrons. The highest BCUT2D eigenvalue weighted by atomic mass is 15.2. The van der Waals surface area contributed by atoms with Crippen LogP contribution in [0, 0.1) is 5.92 Å². The molecule has 0 bridgehead atoms. The number of piperidine rings is 1. The van der Waals surface area contributed by atoms with Gasteiger partial charge in [-0.2, -0.15) is 0 Å². The van der Waals surface area contributed by atoms with Crippen LogP contribution in [0.2, 0.25) is 0 Å². The predicted molar refractivity (Wildman–Crippen MR) is 72.6 cm³/mol. The number of rotatable bonds is 3. The van der Waals surface area contributed by atoms with Crippen molar-refractivity contribution >= 4 is 0 Å². The van der Waals surface area contributed by atoms with Gasteiger partial charge < -0.3 is 5.73 Å². The fourth-order valence-corrected chi connectivity index (χ4v) is 2.66. The van der Waals surface area contributed by atoms with Crippen LogP contribution in [0.4, 0.5) is 0 Å². The van der Waals surface area contributed by atoms with E-state index in [1.165, 1.54) is 30.5 Å². The van der Waals surface area contributed by atoms with Gasteiger partial charge in [-0.1, -0.05) is 31.2 Å². The van der Waals surface area contributed by atoms with Crippen LogP contribution in [0.25, 0.3) is 0 Å². The first-order chi connectivity index (χ1) is 8.20. The van der Waals surface area contributed by atoms with E-state index in [-0.39, 0.29) is 0 Å². The Morgan fingerprint density at radius 2 is 1.82 bits per heavy atom. The van der Waals surface area contributed by atoms with Gasteiger partial charge in [0.2, 0.25) is 0 Å². The molecule has 1 aliphatic rings. The first-order valence-electron chi connectivity index (χ1n) is 6.72. The minimum Gasteiger partial charge on any atom is -0.326 e. The zero-order valence-electron chi connectivity index (χ0n) is 11.0. The molecule has 0 saturated carbocycles. The van der Waals surface area contributed by atoms with Crippen molar-refractivity contribution in [1.29, 1.82) is 0 Å². The number of hydrogen-bond donors (Lipinski definition) is 1. The molecule has 0 aromatic heterocycles.